The van der Waals surface area contributed by atoms with Gasteiger partial charge in [0.15, 0.2) is 0 Å². The highest BCUT2D eigenvalue weighted by molar-refractivity contribution is 5.69. The highest BCUT2D eigenvalue weighted by Crippen LogP contribution is 2.30. The summed E-state index contributed by atoms with van der Waals surface area (Å²) in [6, 6.07) is 7.96. The third-order valence-corrected chi connectivity index (χ3v) is 7.83. The summed E-state index contributed by atoms with van der Waals surface area (Å²) in [5.41, 5.74) is 1.21. The molecule has 1 aromatic rings. The van der Waals surface area contributed by atoms with E-state index in [2.05, 4.69) is 36.5 Å². The van der Waals surface area contributed by atoms with Gasteiger partial charge in [0.05, 0.1) is 6.54 Å². The van der Waals surface area contributed by atoms with Crippen molar-refractivity contribution in [3.63, 3.8) is 0 Å². The molecule has 0 radical (unpaired) electrons. The topological polar surface area (TPSA) is 84.9 Å². The Bertz CT molecular complexity index is 822. The zero-order chi connectivity index (χ0) is 28.7. The van der Waals surface area contributed by atoms with Crippen molar-refractivity contribution in [2.24, 2.45) is 5.92 Å². The molecule has 6 nitrogen and oxygen atoms in total. The van der Waals surface area contributed by atoms with Gasteiger partial charge in [-0.3, -0.25) is 4.79 Å². The van der Waals surface area contributed by atoms with E-state index in [4.69, 9.17) is 14.6 Å². The number of carboxylic acid groups (broad SMARTS) is 1. The highest BCUT2D eigenvalue weighted by Gasteiger charge is 2.28. The number of hydrogen-bond donors (Lipinski definition) is 2. The van der Waals surface area contributed by atoms with E-state index in [1.165, 1.54) is 82.6 Å². The van der Waals surface area contributed by atoms with Crippen LogP contribution in [0.5, 0.6) is 5.75 Å². The number of carbonyl (C=O) groups excluding carboxylic acids is 1. The molecule has 2 rings (SSSR count). The Kier molecular flexibility index (Phi) is 18.7. The molecule has 2 atom stereocenters. The number of allylic oxidation sites excluding steroid dienone is 2. The molecule has 2 unspecified atom stereocenters. The molecule has 1 aromatic carbocycles. The van der Waals surface area contributed by atoms with E-state index in [0.717, 1.165) is 44.3 Å². The second-order valence-electron chi connectivity index (χ2n) is 11.3. The van der Waals surface area contributed by atoms with Crippen LogP contribution < -0.4 is 10.1 Å². The summed E-state index contributed by atoms with van der Waals surface area (Å²) >= 11 is 0. The number of amides is 1. The van der Waals surface area contributed by atoms with Crippen LogP contribution in [0, 0.1) is 5.92 Å². The van der Waals surface area contributed by atoms with Crippen LogP contribution in [0.25, 0.3) is 0 Å². The summed E-state index contributed by atoms with van der Waals surface area (Å²) in [5.74, 6) is 1.05. The van der Waals surface area contributed by atoms with Crippen molar-refractivity contribution in [1.82, 2.24) is 5.32 Å². The van der Waals surface area contributed by atoms with E-state index in [0.29, 0.717) is 18.9 Å². The smallest absolute Gasteiger partial charge is 0.404 e. The fraction of sp³-hybridized carbons (Fsp3) is 0.706. The standard InChI is InChI=1S/C34H55NO5/c1-2-3-4-5-6-7-8-9-10-11-12-13-14-15-16-21-33(36)40-32-20-18-17-19-30(32)28-29-22-24-31(25-23-29)39-27-26-35-34(37)38/h9-10,22-25,30,32,35H,2-8,11-21,26-28H2,1H3,(H,37,38). The Hall–Kier alpha value is -2.50. The summed E-state index contributed by atoms with van der Waals surface area (Å²) in [4.78, 5) is 23.1. The van der Waals surface area contributed by atoms with E-state index in [1.54, 1.807) is 0 Å². The average Bonchev–Trinajstić information content (AvgIpc) is 2.95. The normalized spacial score (nSPS) is 17.1. The maximum Gasteiger partial charge on any atom is 0.404 e. The summed E-state index contributed by atoms with van der Waals surface area (Å²) in [7, 11) is 0. The predicted molar refractivity (Wildman–Crippen MR) is 163 cm³/mol. The number of esters is 1. The molecule has 2 N–H and O–H groups in total. The molecule has 1 aliphatic rings. The number of carbonyl (C=O) groups is 2. The van der Waals surface area contributed by atoms with Crippen LogP contribution in [0.2, 0.25) is 0 Å². The fourth-order valence-corrected chi connectivity index (χ4v) is 5.48. The first-order valence-electron chi connectivity index (χ1n) is 16.1. The van der Waals surface area contributed by atoms with Crippen molar-refractivity contribution in [1.29, 1.82) is 0 Å². The van der Waals surface area contributed by atoms with Crippen LogP contribution in [0.1, 0.15) is 128 Å². The number of ether oxygens (including phenoxy) is 2. The van der Waals surface area contributed by atoms with Crippen molar-refractivity contribution < 1.29 is 24.2 Å². The van der Waals surface area contributed by atoms with Crippen molar-refractivity contribution in [2.45, 2.75) is 135 Å². The molecule has 0 aliphatic heterocycles. The lowest BCUT2D eigenvalue weighted by atomic mass is 9.82. The van der Waals surface area contributed by atoms with Crippen molar-refractivity contribution in [3.05, 3.63) is 42.0 Å². The summed E-state index contributed by atoms with van der Waals surface area (Å²) < 4.78 is 11.6. The minimum Gasteiger partial charge on any atom is -0.492 e. The molecular weight excluding hydrogens is 502 g/mol. The Balaban J connectivity index is 1.53. The SMILES string of the molecule is CCCCCCCCC=CCCCCCCCC(=O)OC1CCCCC1Cc1ccc(OCCNC(=O)O)cc1. The lowest BCUT2D eigenvalue weighted by Gasteiger charge is -2.31. The second kappa shape index (κ2) is 22.2. The van der Waals surface area contributed by atoms with Gasteiger partial charge in [0.2, 0.25) is 0 Å². The van der Waals surface area contributed by atoms with Crippen LogP contribution in [0.15, 0.2) is 36.4 Å². The van der Waals surface area contributed by atoms with Crippen LogP contribution >= 0.6 is 0 Å². The van der Waals surface area contributed by atoms with Gasteiger partial charge in [-0.2, -0.15) is 0 Å². The van der Waals surface area contributed by atoms with Crippen LogP contribution in [0.3, 0.4) is 0 Å². The first-order chi connectivity index (χ1) is 19.6. The van der Waals surface area contributed by atoms with Gasteiger partial charge in [0, 0.05) is 6.42 Å². The molecule has 1 aliphatic carbocycles. The lowest BCUT2D eigenvalue weighted by molar-refractivity contribution is -0.153. The molecule has 0 aromatic heterocycles. The van der Waals surface area contributed by atoms with E-state index < -0.39 is 6.09 Å². The Morgan fingerprint density at radius 1 is 0.875 bits per heavy atom. The van der Waals surface area contributed by atoms with E-state index in [9.17, 15) is 9.59 Å². The molecule has 0 heterocycles. The molecule has 1 saturated carbocycles. The molecule has 6 heteroatoms. The largest absolute Gasteiger partial charge is 0.492 e. The monoisotopic (exact) mass is 557 g/mol. The minimum absolute atomic E-state index is 0.0161. The van der Waals surface area contributed by atoms with Gasteiger partial charge in [0.1, 0.15) is 18.5 Å². The Morgan fingerprint density at radius 3 is 2.17 bits per heavy atom. The molecule has 0 bridgehead atoms. The van der Waals surface area contributed by atoms with E-state index >= 15 is 0 Å². The summed E-state index contributed by atoms with van der Waals surface area (Å²) in [6.45, 7) is 2.81. The van der Waals surface area contributed by atoms with Crippen molar-refractivity contribution in [2.75, 3.05) is 13.2 Å². The maximum absolute atomic E-state index is 12.6. The van der Waals surface area contributed by atoms with Gasteiger partial charge in [0.25, 0.3) is 0 Å². The summed E-state index contributed by atoms with van der Waals surface area (Å²) in [6.07, 6.45) is 25.8. The van der Waals surface area contributed by atoms with Crippen molar-refractivity contribution >= 4 is 12.1 Å². The lowest BCUT2D eigenvalue weighted by Crippen LogP contribution is -2.31. The average molecular weight is 558 g/mol. The van der Waals surface area contributed by atoms with E-state index in [1.807, 2.05) is 12.1 Å². The fourth-order valence-electron chi connectivity index (χ4n) is 5.48. The van der Waals surface area contributed by atoms with Crippen molar-refractivity contribution in [3.8, 4) is 5.75 Å². The Labute approximate surface area is 243 Å². The number of nitrogens with one attached hydrogen (secondary N) is 1. The van der Waals surface area contributed by atoms with Gasteiger partial charge in [-0.05, 0) is 81.4 Å². The van der Waals surface area contributed by atoms with Crippen LogP contribution in [-0.2, 0) is 16.0 Å². The molecule has 226 valence electrons. The van der Waals surface area contributed by atoms with Crippen LogP contribution in [-0.4, -0.2) is 36.4 Å². The first kappa shape index (κ1) is 33.7. The number of unbranched alkanes of at least 4 members (excludes halogenated alkanes) is 11. The first-order valence-corrected chi connectivity index (χ1v) is 16.1. The molecule has 0 saturated heterocycles. The molecular formula is C34H55NO5. The van der Waals surface area contributed by atoms with E-state index in [-0.39, 0.29) is 18.6 Å². The predicted octanol–water partition coefficient (Wildman–Crippen LogP) is 9.02. The van der Waals surface area contributed by atoms with Gasteiger partial charge < -0.3 is 19.9 Å². The maximum atomic E-state index is 12.6. The molecule has 0 spiro atoms. The number of benzene rings is 1. The quantitative estimate of drug-likeness (QED) is 0.0844. The second-order valence-corrected chi connectivity index (χ2v) is 11.3. The molecule has 1 amide bonds. The third kappa shape index (κ3) is 16.6. The van der Waals surface area contributed by atoms with Crippen LogP contribution in [0.4, 0.5) is 4.79 Å². The Morgan fingerprint density at radius 2 is 1.50 bits per heavy atom. The zero-order valence-electron chi connectivity index (χ0n) is 25.0. The number of hydrogen-bond acceptors (Lipinski definition) is 4. The molecule has 1 fully saturated rings. The highest BCUT2D eigenvalue weighted by atomic mass is 16.5. The number of rotatable bonds is 22. The van der Waals surface area contributed by atoms with Gasteiger partial charge >= 0.3 is 12.1 Å². The van der Waals surface area contributed by atoms with Gasteiger partial charge in [-0.1, -0.05) is 89.0 Å². The zero-order valence-corrected chi connectivity index (χ0v) is 25.0. The van der Waals surface area contributed by atoms with Gasteiger partial charge in [-0.25, -0.2) is 4.79 Å². The summed E-state index contributed by atoms with van der Waals surface area (Å²) in [5, 5.41) is 10.9. The van der Waals surface area contributed by atoms with Gasteiger partial charge in [-0.15, -0.1) is 0 Å². The minimum atomic E-state index is -1.05. The third-order valence-electron chi connectivity index (χ3n) is 7.83. The molecule has 40 heavy (non-hydrogen) atoms.